The number of rotatable bonds is 6. The van der Waals surface area contributed by atoms with Crippen molar-refractivity contribution in [1.29, 1.82) is 0 Å². The molecular weight excluding hydrogens is 204 g/mol. The van der Waals surface area contributed by atoms with Gasteiger partial charge in [0.1, 0.15) is 0 Å². The Labute approximate surface area is 101 Å². The number of nitrogens with zero attached hydrogens (tertiary/aromatic N) is 2. The fraction of sp³-hybridized carbons (Fsp3) is 1.00. The summed E-state index contributed by atoms with van der Waals surface area (Å²) in [6.07, 6.45) is 1.74. The molecule has 0 saturated carbocycles. The molecule has 0 heterocycles. The highest BCUT2D eigenvalue weighted by Gasteiger charge is 2.01. The van der Waals surface area contributed by atoms with E-state index in [1.54, 1.807) is 0 Å². The molecule has 2 unspecified atom stereocenters. The predicted octanol–water partition coefficient (Wildman–Crippen LogP) is 0.638. The minimum Gasteiger partial charge on any atom is -0.396 e. The molecule has 0 aromatic carbocycles. The van der Waals surface area contributed by atoms with Crippen LogP contribution in [0.5, 0.6) is 0 Å². The summed E-state index contributed by atoms with van der Waals surface area (Å²) < 4.78 is 0. The van der Waals surface area contributed by atoms with Gasteiger partial charge in [-0.3, -0.25) is 0 Å². The highest BCUT2D eigenvalue weighted by Crippen LogP contribution is 1.95. The van der Waals surface area contributed by atoms with Crippen molar-refractivity contribution in [2.75, 3.05) is 41.4 Å². The van der Waals surface area contributed by atoms with Gasteiger partial charge in [0, 0.05) is 25.3 Å². The second kappa shape index (κ2) is 11.3. The predicted molar refractivity (Wildman–Crippen MR) is 69.7 cm³/mol. The van der Waals surface area contributed by atoms with E-state index in [4.69, 9.17) is 10.2 Å². The fourth-order valence-electron chi connectivity index (χ4n) is 0.890. The molecule has 0 fully saturated rings. The number of hydrogen-bond donors (Lipinski definition) is 2. The molecule has 0 aromatic heterocycles. The van der Waals surface area contributed by atoms with Crippen molar-refractivity contribution in [3.05, 3.63) is 0 Å². The average molecular weight is 234 g/mol. The second-order valence-electron chi connectivity index (χ2n) is 4.65. The van der Waals surface area contributed by atoms with E-state index >= 15 is 0 Å². The minimum atomic E-state index is 0.291. The molecule has 4 heteroatoms. The van der Waals surface area contributed by atoms with Gasteiger partial charge in [-0.2, -0.15) is 0 Å². The zero-order valence-corrected chi connectivity index (χ0v) is 11.8. The average Bonchev–Trinajstić information content (AvgIpc) is 2.19. The Morgan fingerprint density at radius 3 is 1.06 bits per heavy atom. The first-order valence-electron chi connectivity index (χ1n) is 5.91. The van der Waals surface area contributed by atoms with E-state index < -0.39 is 0 Å². The third kappa shape index (κ3) is 11.9. The van der Waals surface area contributed by atoms with E-state index in [9.17, 15) is 0 Å². The van der Waals surface area contributed by atoms with E-state index in [2.05, 4.69) is 23.6 Å². The van der Waals surface area contributed by atoms with Crippen LogP contribution in [0.4, 0.5) is 0 Å². The summed E-state index contributed by atoms with van der Waals surface area (Å²) in [5.74, 6) is 0. The molecule has 100 valence electrons. The molecule has 0 amide bonds. The van der Waals surface area contributed by atoms with E-state index in [1.165, 1.54) is 0 Å². The zero-order valence-electron chi connectivity index (χ0n) is 11.8. The molecule has 0 aliphatic rings. The van der Waals surface area contributed by atoms with E-state index in [-0.39, 0.29) is 0 Å². The van der Waals surface area contributed by atoms with Gasteiger partial charge in [-0.1, -0.05) is 0 Å². The molecule has 0 aliphatic carbocycles. The molecule has 16 heavy (non-hydrogen) atoms. The topological polar surface area (TPSA) is 46.9 Å². The van der Waals surface area contributed by atoms with Gasteiger partial charge in [-0.15, -0.1) is 0 Å². The summed E-state index contributed by atoms with van der Waals surface area (Å²) in [6, 6.07) is 1.000. The molecule has 2 atom stereocenters. The maximum absolute atomic E-state index is 8.46. The molecule has 0 rings (SSSR count). The van der Waals surface area contributed by atoms with Crippen LogP contribution < -0.4 is 0 Å². The molecule has 4 nitrogen and oxygen atoms in total. The van der Waals surface area contributed by atoms with Crippen molar-refractivity contribution in [3.63, 3.8) is 0 Å². The van der Waals surface area contributed by atoms with Crippen molar-refractivity contribution in [1.82, 2.24) is 9.80 Å². The van der Waals surface area contributed by atoms with Crippen molar-refractivity contribution < 1.29 is 10.2 Å². The maximum Gasteiger partial charge on any atom is 0.0445 e. The van der Waals surface area contributed by atoms with Crippen LogP contribution in [0.3, 0.4) is 0 Å². The van der Waals surface area contributed by atoms with Crippen molar-refractivity contribution >= 4 is 0 Å². The summed E-state index contributed by atoms with van der Waals surface area (Å²) in [5, 5.41) is 16.9. The van der Waals surface area contributed by atoms with Gasteiger partial charge in [0.15, 0.2) is 0 Å². The Hall–Kier alpha value is -0.160. The van der Waals surface area contributed by atoms with Crippen LogP contribution in [-0.4, -0.2) is 73.5 Å². The number of aliphatic hydroxyl groups is 2. The van der Waals surface area contributed by atoms with Gasteiger partial charge >= 0.3 is 0 Å². The highest BCUT2D eigenvalue weighted by atomic mass is 16.3. The molecule has 0 saturated heterocycles. The van der Waals surface area contributed by atoms with Crippen LogP contribution >= 0.6 is 0 Å². The number of hydrogen-bond acceptors (Lipinski definition) is 4. The van der Waals surface area contributed by atoms with Crippen molar-refractivity contribution in [3.8, 4) is 0 Å². The van der Waals surface area contributed by atoms with Crippen LogP contribution in [0, 0.1) is 0 Å². The Morgan fingerprint density at radius 1 is 0.750 bits per heavy atom. The molecule has 2 N–H and O–H groups in total. The van der Waals surface area contributed by atoms with Crippen molar-refractivity contribution in [2.24, 2.45) is 0 Å². The first kappa shape index (κ1) is 18.2. The van der Waals surface area contributed by atoms with Gasteiger partial charge in [-0.25, -0.2) is 0 Å². The third-order valence-electron chi connectivity index (χ3n) is 2.86. The van der Waals surface area contributed by atoms with Gasteiger partial charge in [0.25, 0.3) is 0 Å². The zero-order chi connectivity index (χ0) is 13.1. The van der Waals surface area contributed by atoms with Crippen LogP contribution in [0.15, 0.2) is 0 Å². The monoisotopic (exact) mass is 234 g/mol. The summed E-state index contributed by atoms with van der Waals surface area (Å²) in [6.45, 7) is 4.77. The van der Waals surface area contributed by atoms with Crippen LogP contribution in [-0.2, 0) is 0 Å². The summed E-state index contributed by atoms with van der Waals surface area (Å²) >= 11 is 0. The summed E-state index contributed by atoms with van der Waals surface area (Å²) in [4.78, 5) is 4.19. The Balaban J connectivity index is 0. The Morgan fingerprint density at radius 2 is 1.00 bits per heavy atom. The SMILES string of the molecule is CC(CCO)N(C)C.CC(CCO)N(C)C. The molecule has 0 aliphatic heterocycles. The first-order valence-corrected chi connectivity index (χ1v) is 5.91. The smallest absolute Gasteiger partial charge is 0.0445 e. The molecule has 0 bridgehead atoms. The van der Waals surface area contributed by atoms with Crippen LogP contribution in [0.2, 0.25) is 0 Å². The van der Waals surface area contributed by atoms with Gasteiger partial charge in [0.05, 0.1) is 0 Å². The lowest BCUT2D eigenvalue weighted by Crippen LogP contribution is -2.25. The number of aliphatic hydroxyl groups excluding tert-OH is 2. The lowest BCUT2D eigenvalue weighted by Gasteiger charge is -2.17. The van der Waals surface area contributed by atoms with Gasteiger partial charge < -0.3 is 20.0 Å². The standard InChI is InChI=1S/2C6H15NO/c2*1-6(4-5-8)7(2)3/h2*6,8H,4-5H2,1-3H3. The first-order chi connectivity index (χ1) is 7.36. The normalized spacial score (nSPS) is 14.6. The lowest BCUT2D eigenvalue weighted by molar-refractivity contribution is 0.220. The third-order valence-corrected chi connectivity index (χ3v) is 2.86. The highest BCUT2D eigenvalue weighted by molar-refractivity contribution is 4.56. The van der Waals surface area contributed by atoms with E-state index in [0.29, 0.717) is 25.3 Å². The quantitative estimate of drug-likeness (QED) is 0.708. The largest absolute Gasteiger partial charge is 0.396 e. The van der Waals surface area contributed by atoms with Gasteiger partial charge in [0.2, 0.25) is 0 Å². The minimum absolute atomic E-state index is 0.291. The molecular formula is C12H30N2O2. The molecule has 0 radical (unpaired) electrons. The van der Waals surface area contributed by atoms with Crippen LogP contribution in [0.25, 0.3) is 0 Å². The molecule has 0 spiro atoms. The molecule has 0 aromatic rings. The fourth-order valence-corrected chi connectivity index (χ4v) is 0.890. The van der Waals surface area contributed by atoms with Crippen molar-refractivity contribution in [2.45, 2.75) is 38.8 Å². The van der Waals surface area contributed by atoms with Crippen LogP contribution in [0.1, 0.15) is 26.7 Å². The summed E-state index contributed by atoms with van der Waals surface area (Å²) in [7, 11) is 8.06. The summed E-state index contributed by atoms with van der Waals surface area (Å²) in [5.41, 5.74) is 0. The van der Waals surface area contributed by atoms with E-state index in [0.717, 1.165) is 12.8 Å². The lowest BCUT2D eigenvalue weighted by atomic mass is 10.2. The Kier molecular flexibility index (Phi) is 12.9. The second-order valence-corrected chi connectivity index (χ2v) is 4.65. The maximum atomic E-state index is 8.46. The van der Waals surface area contributed by atoms with Gasteiger partial charge in [-0.05, 0) is 54.9 Å². The van der Waals surface area contributed by atoms with E-state index in [1.807, 2.05) is 28.2 Å². The Bertz CT molecular complexity index is 125.